The van der Waals surface area contributed by atoms with Gasteiger partial charge in [-0.3, -0.25) is 9.32 Å². The van der Waals surface area contributed by atoms with E-state index in [1.807, 2.05) is 0 Å². The molecule has 1 amide bonds. The number of unbranched alkanes of at least 4 members (excludes halogenated alkanes) is 10. The zero-order valence-corrected chi connectivity index (χ0v) is 18.2. The Kier molecular flexibility index (Phi) is 17.8. The largest absolute Gasteiger partial charge is 0.469 e. The molecule has 8 heteroatoms. The normalized spacial score (nSPS) is 13.1. The monoisotopic (exact) mass is 421 g/mol. The van der Waals surface area contributed by atoms with Gasteiger partial charge in [0.05, 0.1) is 12.7 Å². The minimum Gasteiger partial charge on any atom is -0.389 e. The summed E-state index contributed by atoms with van der Waals surface area (Å²) in [5.41, 5.74) is 0. The van der Waals surface area contributed by atoms with Crippen LogP contribution >= 0.6 is 7.82 Å². The Morgan fingerprint density at radius 2 is 1.50 bits per heavy atom. The Hall–Kier alpha value is -0.720. The molecular weight excluding hydrogens is 381 g/mol. The van der Waals surface area contributed by atoms with Gasteiger partial charge in [0.2, 0.25) is 5.91 Å². The summed E-state index contributed by atoms with van der Waals surface area (Å²) in [5.74, 6) is -0.167. The SMILES string of the molecule is CCCCCCC=CCCCCCCCCC(=O)NCC(O)COP(=O)(O)O. The first kappa shape index (κ1) is 27.3. The second-order valence-electron chi connectivity index (χ2n) is 7.22. The van der Waals surface area contributed by atoms with Crippen molar-refractivity contribution in [2.75, 3.05) is 13.2 Å². The van der Waals surface area contributed by atoms with E-state index >= 15 is 0 Å². The van der Waals surface area contributed by atoms with Crippen LogP contribution in [0.15, 0.2) is 12.2 Å². The number of aliphatic hydroxyl groups excluding tert-OH is 1. The third-order valence-corrected chi connectivity index (χ3v) is 4.87. The lowest BCUT2D eigenvalue weighted by atomic mass is 10.1. The number of allylic oxidation sites excluding steroid dienone is 2. The molecule has 1 atom stereocenters. The van der Waals surface area contributed by atoms with Gasteiger partial charge in [0.1, 0.15) is 0 Å². The van der Waals surface area contributed by atoms with Crippen LogP contribution in [0.3, 0.4) is 0 Å². The van der Waals surface area contributed by atoms with Gasteiger partial charge in [-0.05, 0) is 32.1 Å². The van der Waals surface area contributed by atoms with Crippen molar-refractivity contribution < 1.29 is 28.8 Å². The van der Waals surface area contributed by atoms with Crippen molar-refractivity contribution in [3.63, 3.8) is 0 Å². The average molecular weight is 422 g/mol. The Morgan fingerprint density at radius 3 is 2.07 bits per heavy atom. The predicted molar refractivity (Wildman–Crippen MR) is 112 cm³/mol. The molecule has 0 bridgehead atoms. The summed E-state index contributed by atoms with van der Waals surface area (Å²) in [7, 11) is -4.59. The van der Waals surface area contributed by atoms with Crippen LogP contribution in [-0.2, 0) is 13.9 Å². The van der Waals surface area contributed by atoms with E-state index < -0.39 is 20.5 Å². The Labute approximate surface area is 170 Å². The average Bonchev–Trinajstić information content (AvgIpc) is 2.64. The summed E-state index contributed by atoms with van der Waals surface area (Å²) >= 11 is 0. The smallest absolute Gasteiger partial charge is 0.389 e. The van der Waals surface area contributed by atoms with Gasteiger partial charge in [-0.2, -0.15) is 0 Å². The minimum absolute atomic E-state index is 0.0784. The molecule has 166 valence electrons. The van der Waals surface area contributed by atoms with Crippen LogP contribution in [0.25, 0.3) is 0 Å². The number of phosphoric acid groups is 1. The summed E-state index contributed by atoms with van der Waals surface area (Å²) < 4.78 is 14.7. The molecule has 0 aliphatic rings. The summed E-state index contributed by atoms with van der Waals surface area (Å²) in [4.78, 5) is 28.7. The molecule has 0 aromatic rings. The van der Waals surface area contributed by atoms with E-state index in [0.717, 1.165) is 25.7 Å². The van der Waals surface area contributed by atoms with Crippen molar-refractivity contribution in [1.29, 1.82) is 0 Å². The van der Waals surface area contributed by atoms with Crippen LogP contribution in [0.4, 0.5) is 0 Å². The van der Waals surface area contributed by atoms with Gasteiger partial charge in [0, 0.05) is 13.0 Å². The van der Waals surface area contributed by atoms with Crippen molar-refractivity contribution in [2.45, 2.75) is 96.5 Å². The highest BCUT2D eigenvalue weighted by molar-refractivity contribution is 7.46. The maximum Gasteiger partial charge on any atom is 0.469 e. The Balaban J connectivity index is 3.38. The molecule has 7 nitrogen and oxygen atoms in total. The molecule has 4 N–H and O–H groups in total. The number of carbonyl (C=O) groups is 1. The van der Waals surface area contributed by atoms with Gasteiger partial charge in [0.15, 0.2) is 0 Å². The van der Waals surface area contributed by atoms with Crippen molar-refractivity contribution in [3.8, 4) is 0 Å². The summed E-state index contributed by atoms with van der Waals surface area (Å²) in [6.07, 6.45) is 18.1. The van der Waals surface area contributed by atoms with Crippen molar-refractivity contribution >= 4 is 13.7 Å². The van der Waals surface area contributed by atoms with Gasteiger partial charge in [-0.25, -0.2) is 4.57 Å². The lowest BCUT2D eigenvalue weighted by Gasteiger charge is -2.12. The fourth-order valence-corrected chi connectivity index (χ4v) is 3.11. The standard InChI is InChI=1S/C20H40NO6P/c1-2-3-4-5-6-7-8-9-10-11-12-13-14-15-16-20(23)21-17-19(22)18-27-28(24,25)26/h7-8,19,22H,2-6,9-18H2,1H3,(H,21,23)(H2,24,25,26). The highest BCUT2D eigenvalue weighted by Crippen LogP contribution is 2.35. The molecule has 0 spiro atoms. The zero-order chi connectivity index (χ0) is 21.1. The molecule has 0 aliphatic heterocycles. The molecule has 28 heavy (non-hydrogen) atoms. The molecular formula is C20H40NO6P. The van der Waals surface area contributed by atoms with E-state index in [1.165, 1.54) is 51.4 Å². The second-order valence-corrected chi connectivity index (χ2v) is 8.46. The van der Waals surface area contributed by atoms with Crippen LogP contribution < -0.4 is 5.32 Å². The van der Waals surface area contributed by atoms with Crippen molar-refractivity contribution in [3.05, 3.63) is 12.2 Å². The molecule has 0 aliphatic carbocycles. The van der Waals surface area contributed by atoms with Gasteiger partial charge in [-0.15, -0.1) is 0 Å². The number of hydrogen-bond donors (Lipinski definition) is 4. The second kappa shape index (κ2) is 18.3. The Bertz CT molecular complexity index is 452. The summed E-state index contributed by atoms with van der Waals surface area (Å²) in [6.45, 7) is 1.64. The molecule has 1 unspecified atom stereocenters. The fraction of sp³-hybridized carbons (Fsp3) is 0.850. The lowest BCUT2D eigenvalue weighted by Crippen LogP contribution is -2.34. The van der Waals surface area contributed by atoms with Gasteiger partial charge >= 0.3 is 7.82 Å². The van der Waals surface area contributed by atoms with Crippen LogP contribution in [0.1, 0.15) is 90.4 Å². The van der Waals surface area contributed by atoms with Gasteiger partial charge in [-0.1, -0.05) is 64.0 Å². The van der Waals surface area contributed by atoms with Crippen LogP contribution in [-0.4, -0.2) is 40.1 Å². The minimum atomic E-state index is -4.59. The first-order chi connectivity index (χ1) is 13.3. The highest BCUT2D eigenvalue weighted by atomic mass is 31.2. The number of carbonyl (C=O) groups excluding carboxylic acids is 1. The molecule has 0 rings (SSSR count). The fourth-order valence-electron chi connectivity index (χ4n) is 2.74. The summed E-state index contributed by atoms with van der Waals surface area (Å²) in [6, 6.07) is 0. The van der Waals surface area contributed by atoms with Crippen LogP contribution in [0, 0.1) is 0 Å². The molecule has 0 aromatic heterocycles. The van der Waals surface area contributed by atoms with E-state index in [9.17, 15) is 14.5 Å². The van der Waals surface area contributed by atoms with E-state index in [2.05, 4.69) is 28.9 Å². The van der Waals surface area contributed by atoms with E-state index in [-0.39, 0.29) is 12.5 Å². The number of phosphoric ester groups is 1. The summed E-state index contributed by atoms with van der Waals surface area (Å²) in [5, 5.41) is 12.0. The predicted octanol–water partition coefficient (Wildman–Crippen LogP) is 4.22. The molecule has 0 saturated heterocycles. The van der Waals surface area contributed by atoms with Crippen molar-refractivity contribution in [1.82, 2.24) is 5.32 Å². The number of aliphatic hydroxyl groups is 1. The molecule has 0 saturated carbocycles. The maximum atomic E-state index is 11.6. The number of rotatable bonds is 19. The first-order valence-corrected chi connectivity index (χ1v) is 12.2. The third kappa shape index (κ3) is 21.6. The topological polar surface area (TPSA) is 116 Å². The zero-order valence-electron chi connectivity index (χ0n) is 17.4. The Morgan fingerprint density at radius 1 is 0.964 bits per heavy atom. The number of amides is 1. The molecule has 0 heterocycles. The first-order valence-electron chi connectivity index (χ1n) is 10.6. The van der Waals surface area contributed by atoms with E-state index in [0.29, 0.717) is 6.42 Å². The lowest BCUT2D eigenvalue weighted by molar-refractivity contribution is -0.121. The van der Waals surface area contributed by atoms with E-state index in [1.54, 1.807) is 0 Å². The number of hydrogen-bond acceptors (Lipinski definition) is 4. The molecule has 0 aromatic carbocycles. The van der Waals surface area contributed by atoms with Gasteiger partial charge in [0.25, 0.3) is 0 Å². The van der Waals surface area contributed by atoms with Crippen LogP contribution in [0.5, 0.6) is 0 Å². The van der Waals surface area contributed by atoms with Crippen molar-refractivity contribution in [2.24, 2.45) is 0 Å². The van der Waals surface area contributed by atoms with Gasteiger partial charge < -0.3 is 20.2 Å². The quantitative estimate of drug-likeness (QED) is 0.141. The highest BCUT2D eigenvalue weighted by Gasteiger charge is 2.17. The number of nitrogens with one attached hydrogen (secondary N) is 1. The third-order valence-electron chi connectivity index (χ3n) is 4.39. The van der Waals surface area contributed by atoms with E-state index in [4.69, 9.17) is 9.79 Å². The molecule has 0 radical (unpaired) electrons. The molecule has 0 fully saturated rings. The van der Waals surface area contributed by atoms with Crippen LogP contribution in [0.2, 0.25) is 0 Å². The maximum absolute atomic E-state index is 11.6.